The molecule has 0 aliphatic carbocycles. The van der Waals surface area contributed by atoms with E-state index >= 15 is 0 Å². The summed E-state index contributed by atoms with van der Waals surface area (Å²) >= 11 is 6.64. The highest BCUT2D eigenvalue weighted by Crippen LogP contribution is 2.37. The number of nitrogens with one attached hydrogen (secondary N) is 1. The highest BCUT2D eigenvalue weighted by Gasteiger charge is 2.52. The average molecular weight is 318 g/mol. The second-order valence-electron chi connectivity index (χ2n) is 6.15. The van der Waals surface area contributed by atoms with E-state index in [4.69, 9.17) is 21.5 Å². The Bertz CT molecular complexity index is 800. The van der Waals surface area contributed by atoms with Crippen molar-refractivity contribution in [2.24, 2.45) is 0 Å². The first-order chi connectivity index (χ1) is 9.73. The molecule has 2 aromatic rings. The van der Waals surface area contributed by atoms with Crippen LogP contribution in [-0.2, 0) is 9.31 Å². The van der Waals surface area contributed by atoms with Crippen LogP contribution in [0.1, 0.15) is 33.3 Å². The molecule has 108 valence electrons. The summed E-state index contributed by atoms with van der Waals surface area (Å²) in [6.45, 7) is 7.99. The second-order valence-corrected chi connectivity index (χ2v) is 7.87. The molecule has 0 amide bonds. The van der Waals surface area contributed by atoms with Gasteiger partial charge in [-0.2, -0.15) is 5.26 Å². The summed E-state index contributed by atoms with van der Waals surface area (Å²) in [5.74, 6) is 0. The van der Waals surface area contributed by atoms with E-state index in [2.05, 4.69) is 11.1 Å². The molecule has 1 fully saturated rings. The topological polar surface area (TPSA) is 58.0 Å². The lowest BCUT2D eigenvalue weighted by Gasteiger charge is -2.32. The number of aromatic amines is 1. The lowest BCUT2D eigenvalue weighted by Crippen LogP contribution is -2.41. The third kappa shape index (κ3) is 2.32. The smallest absolute Gasteiger partial charge is 0.399 e. The van der Waals surface area contributed by atoms with Gasteiger partial charge in [-0.1, -0.05) is 0 Å². The van der Waals surface area contributed by atoms with Gasteiger partial charge in [-0.3, -0.25) is 0 Å². The Hall–Kier alpha value is -1.20. The molecule has 1 saturated heterocycles. The fraction of sp³-hybridized carbons (Fsp3) is 0.429. The summed E-state index contributed by atoms with van der Waals surface area (Å²) in [4.78, 5) is 3.08. The normalized spacial score (nSPS) is 19.9. The number of hydrogen-bond donors (Lipinski definition) is 1. The Balaban J connectivity index is 2.13. The zero-order valence-electron chi connectivity index (χ0n) is 12.3. The van der Waals surface area contributed by atoms with Crippen LogP contribution in [0.25, 0.3) is 10.2 Å². The van der Waals surface area contributed by atoms with Crippen LogP contribution in [0.5, 0.6) is 0 Å². The molecule has 2 heterocycles. The molecule has 1 aliphatic rings. The number of thiazole rings is 1. The summed E-state index contributed by atoms with van der Waals surface area (Å²) in [6.07, 6.45) is 0. The first kappa shape index (κ1) is 14.7. The first-order valence-corrected chi connectivity index (χ1v) is 7.88. The van der Waals surface area contributed by atoms with E-state index in [1.54, 1.807) is 0 Å². The highest BCUT2D eigenvalue weighted by atomic mass is 32.1. The van der Waals surface area contributed by atoms with Gasteiger partial charge in [0.2, 0.25) is 0 Å². The summed E-state index contributed by atoms with van der Waals surface area (Å²) < 4.78 is 13.8. The largest absolute Gasteiger partial charge is 0.496 e. The standard InChI is InChI=1S/C14H15BN2O2S2/c1-13(2)14(3,4)19-15(18-13)9-6-11-10(5-8(9)7-16)17-12(20)21-11/h5-6H,1-4H3,(H,17,20). The van der Waals surface area contributed by atoms with Gasteiger partial charge in [-0.05, 0) is 52.0 Å². The van der Waals surface area contributed by atoms with Crippen molar-refractivity contribution in [1.82, 2.24) is 4.98 Å². The van der Waals surface area contributed by atoms with E-state index in [0.29, 0.717) is 9.52 Å². The van der Waals surface area contributed by atoms with Crippen LogP contribution >= 0.6 is 23.6 Å². The van der Waals surface area contributed by atoms with Crippen molar-refractivity contribution in [2.75, 3.05) is 0 Å². The molecule has 0 saturated carbocycles. The van der Waals surface area contributed by atoms with Crippen LogP contribution < -0.4 is 5.46 Å². The maximum atomic E-state index is 9.41. The Kier molecular flexibility index (Phi) is 3.26. The monoisotopic (exact) mass is 318 g/mol. The fourth-order valence-electron chi connectivity index (χ4n) is 2.27. The van der Waals surface area contributed by atoms with E-state index in [1.165, 1.54) is 11.3 Å². The minimum absolute atomic E-state index is 0.426. The van der Waals surface area contributed by atoms with Crippen LogP contribution in [-0.4, -0.2) is 23.3 Å². The minimum Gasteiger partial charge on any atom is -0.399 e. The number of fused-ring (bicyclic) bond motifs is 1. The summed E-state index contributed by atoms with van der Waals surface area (Å²) in [5.41, 5.74) is 1.33. The predicted molar refractivity (Wildman–Crippen MR) is 87.4 cm³/mol. The molecule has 4 nitrogen and oxygen atoms in total. The number of nitriles is 1. The summed E-state index contributed by atoms with van der Waals surface area (Å²) in [6, 6.07) is 5.96. The van der Waals surface area contributed by atoms with E-state index in [9.17, 15) is 5.26 Å². The van der Waals surface area contributed by atoms with Crippen molar-refractivity contribution in [3.05, 3.63) is 21.7 Å². The molecule has 0 unspecified atom stereocenters. The Morgan fingerprint density at radius 2 is 1.86 bits per heavy atom. The van der Waals surface area contributed by atoms with Gasteiger partial charge >= 0.3 is 7.12 Å². The zero-order chi connectivity index (χ0) is 15.4. The summed E-state index contributed by atoms with van der Waals surface area (Å²) in [5, 5.41) is 9.41. The average Bonchev–Trinajstić information content (AvgIpc) is 2.83. The lowest BCUT2D eigenvalue weighted by molar-refractivity contribution is 0.00578. The molecule has 1 aromatic heterocycles. The van der Waals surface area contributed by atoms with Crippen molar-refractivity contribution in [1.29, 1.82) is 5.26 Å². The van der Waals surface area contributed by atoms with Gasteiger partial charge in [0.25, 0.3) is 0 Å². The van der Waals surface area contributed by atoms with Crippen LogP contribution in [0.2, 0.25) is 0 Å². The van der Waals surface area contributed by atoms with E-state index in [0.717, 1.165) is 15.7 Å². The highest BCUT2D eigenvalue weighted by molar-refractivity contribution is 7.73. The number of rotatable bonds is 1. The maximum absolute atomic E-state index is 9.41. The predicted octanol–water partition coefficient (Wildman–Crippen LogP) is 3.13. The number of hydrogen-bond acceptors (Lipinski definition) is 5. The van der Waals surface area contributed by atoms with Crippen LogP contribution in [0.15, 0.2) is 12.1 Å². The van der Waals surface area contributed by atoms with Crippen molar-refractivity contribution in [2.45, 2.75) is 38.9 Å². The van der Waals surface area contributed by atoms with Crippen molar-refractivity contribution in [3.63, 3.8) is 0 Å². The van der Waals surface area contributed by atoms with Gasteiger partial charge < -0.3 is 14.3 Å². The van der Waals surface area contributed by atoms with Crippen molar-refractivity contribution in [3.8, 4) is 6.07 Å². The fourth-order valence-corrected chi connectivity index (χ4v) is 3.42. The molecule has 0 radical (unpaired) electrons. The number of aromatic nitrogens is 1. The molecule has 3 rings (SSSR count). The van der Waals surface area contributed by atoms with Gasteiger partial charge in [-0.25, -0.2) is 0 Å². The molecule has 7 heteroatoms. The Morgan fingerprint density at radius 3 is 2.43 bits per heavy atom. The number of benzene rings is 1. The van der Waals surface area contributed by atoms with Gasteiger partial charge in [0, 0.05) is 5.46 Å². The van der Waals surface area contributed by atoms with Crippen LogP contribution in [0, 0.1) is 15.3 Å². The van der Waals surface area contributed by atoms with E-state index in [1.807, 2.05) is 39.8 Å². The Morgan fingerprint density at radius 1 is 1.24 bits per heavy atom. The molecule has 0 spiro atoms. The molecule has 0 bridgehead atoms. The second kappa shape index (κ2) is 4.65. The lowest BCUT2D eigenvalue weighted by atomic mass is 9.76. The SMILES string of the molecule is CC1(C)OB(c2cc3sc(=S)[nH]c3cc2C#N)OC1(C)C. The summed E-state index contributed by atoms with van der Waals surface area (Å²) in [7, 11) is -0.537. The first-order valence-electron chi connectivity index (χ1n) is 6.66. The van der Waals surface area contributed by atoms with Gasteiger partial charge in [-0.15, -0.1) is 11.3 Å². The van der Waals surface area contributed by atoms with Crippen molar-refractivity contribution < 1.29 is 9.31 Å². The van der Waals surface area contributed by atoms with Crippen LogP contribution in [0.4, 0.5) is 0 Å². The number of H-pyrrole nitrogens is 1. The van der Waals surface area contributed by atoms with Crippen molar-refractivity contribution >= 4 is 46.4 Å². The molecular weight excluding hydrogens is 303 g/mol. The molecule has 0 atom stereocenters. The quantitative estimate of drug-likeness (QED) is 0.648. The number of nitrogens with zero attached hydrogens (tertiary/aromatic N) is 1. The zero-order valence-corrected chi connectivity index (χ0v) is 13.9. The molecule has 21 heavy (non-hydrogen) atoms. The third-order valence-corrected chi connectivity index (χ3v) is 5.42. The van der Waals surface area contributed by atoms with E-state index < -0.39 is 18.3 Å². The molecular formula is C14H15BN2O2S2. The van der Waals surface area contributed by atoms with Crippen LogP contribution in [0.3, 0.4) is 0 Å². The molecule has 1 aromatic carbocycles. The van der Waals surface area contributed by atoms with Gasteiger partial charge in [0.05, 0.1) is 33.1 Å². The minimum atomic E-state index is -0.537. The van der Waals surface area contributed by atoms with Gasteiger partial charge in [0.15, 0.2) is 3.95 Å². The third-order valence-electron chi connectivity index (χ3n) is 4.22. The molecule has 1 aliphatic heterocycles. The Labute approximate surface area is 132 Å². The molecule has 1 N–H and O–H groups in total. The van der Waals surface area contributed by atoms with Gasteiger partial charge in [0.1, 0.15) is 0 Å². The maximum Gasteiger partial charge on any atom is 0.496 e. The van der Waals surface area contributed by atoms with E-state index in [-0.39, 0.29) is 0 Å².